The maximum absolute atomic E-state index is 12.0. The van der Waals surface area contributed by atoms with Crippen molar-refractivity contribution in [3.8, 4) is 5.75 Å². The third-order valence-electron chi connectivity index (χ3n) is 5.96. The molecule has 1 aromatic rings. The largest absolute Gasteiger partial charge is 0.514 e. The minimum Gasteiger partial charge on any atom is -0.425 e. The van der Waals surface area contributed by atoms with E-state index < -0.39 is 59.6 Å². The van der Waals surface area contributed by atoms with Gasteiger partial charge in [-0.15, -0.1) is 0 Å². The van der Waals surface area contributed by atoms with Crippen molar-refractivity contribution in [3.05, 3.63) is 34.4 Å². The molecule has 0 radical (unpaired) electrons. The number of nitro benzene ring substituents is 1. The summed E-state index contributed by atoms with van der Waals surface area (Å²) in [5.41, 5.74) is -0.102. The predicted octanol–water partition coefficient (Wildman–Crippen LogP) is 2.62. The topological polar surface area (TPSA) is 154 Å². The van der Waals surface area contributed by atoms with Gasteiger partial charge in [0.2, 0.25) is 0 Å². The molecule has 4 fully saturated rings. The van der Waals surface area contributed by atoms with E-state index in [9.17, 15) is 20.0 Å². The van der Waals surface area contributed by atoms with E-state index in [2.05, 4.69) is 0 Å². The molecule has 1 N–H and O–H groups in total. The van der Waals surface area contributed by atoms with Gasteiger partial charge < -0.3 is 43.0 Å². The van der Waals surface area contributed by atoms with E-state index in [-0.39, 0.29) is 23.6 Å². The van der Waals surface area contributed by atoms with E-state index >= 15 is 0 Å². The highest BCUT2D eigenvalue weighted by Gasteiger charge is 2.55. The van der Waals surface area contributed by atoms with Crippen molar-refractivity contribution in [3.63, 3.8) is 0 Å². The fourth-order valence-corrected chi connectivity index (χ4v) is 4.32. The average Bonchev–Trinajstić information content (AvgIpc) is 3.41. The third-order valence-corrected chi connectivity index (χ3v) is 5.96. The van der Waals surface area contributed by atoms with E-state index in [4.69, 9.17) is 37.9 Å². The summed E-state index contributed by atoms with van der Waals surface area (Å²) in [5.74, 6) is -1.31. The zero-order chi connectivity index (χ0) is 26.4. The van der Waals surface area contributed by atoms with Crippen LogP contribution >= 0.6 is 0 Å². The number of fused-ring (bicyclic) bond motifs is 2. The fraction of sp³-hybridized carbons (Fsp3) is 0.696. The quantitative estimate of drug-likeness (QED) is 0.273. The molecule has 13 heteroatoms. The molecule has 4 aliphatic rings. The second kappa shape index (κ2) is 9.82. The Bertz CT molecular complexity index is 966. The Morgan fingerprint density at radius 3 is 2.00 bits per heavy atom. The van der Waals surface area contributed by atoms with Crippen LogP contribution in [0.3, 0.4) is 0 Å². The van der Waals surface area contributed by atoms with Crippen molar-refractivity contribution in [2.75, 3.05) is 0 Å². The summed E-state index contributed by atoms with van der Waals surface area (Å²) in [6.45, 7) is 10.7. The molecule has 4 aliphatic heterocycles. The number of hydrogen-bond donors (Lipinski definition) is 1. The minimum absolute atomic E-state index is 0.102. The number of rotatable bonds is 3. The molecule has 36 heavy (non-hydrogen) atoms. The first-order chi connectivity index (χ1) is 16.7. The highest BCUT2D eigenvalue weighted by atomic mass is 16.9. The van der Waals surface area contributed by atoms with E-state index in [1.165, 1.54) is 24.3 Å². The van der Waals surface area contributed by atoms with Crippen LogP contribution in [-0.4, -0.2) is 77.0 Å². The number of carbonyl (C=O) groups excluding carboxylic acids is 1. The third kappa shape index (κ3) is 5.78. The van der Waals surface area contributed by atoms with Crippen LogP contribution in [0.2, 0.25) is 0 Å². The molecule has 0 aromatic heterocycles. The van der Waals surface area contributed by atoms with Crippen LogP contribution in [0, 0.1) is 10.1 Å². The first-order valence-electron chi connectivity index (χ1n) is 11.6. The Labute approximate surface area is 207 Å². The molecule has 200 valence electrons. The lowest BCUT2D eigenvalue weighted by Crippen LogP contribution is -2.38. The Morgan fingerprint density at radius 1 is 0.917 bits per heavy atom. The summed E-state index contributed by atoms with van der Waals surface area (Å²) in [6.07, 6.45) is -4.68. The van der Waals surface area contributed by atoms with Gasteiger partial charge in [0.15, 0.2) is 36.4 Å². The lowest BCUT2D eigenvalue weighted by molar-refractivity contribution is -0.384. The first-order valence-corrected chi connectivity index (χ1v) is 11.6. The summed E-state index contributed by atoms with van der Waals surface area (Å²) in [4.78, 5) is 22.0. The van der Waals surface area contributed by atoms with Crippen LogP contribution in [0.1, 0.15) is 41.5 Å². The molecule has 13 nitrogen and oxygen atoms in total. The SMILES string of the molecule is C[C@H]1O[C@@H]2OC(C)(C)O[C@@H]2[C@H]1O.C[C@H]1O[C@@H]2OC(C)(C)O[C@@H]2[C@H]1OC(=O)Oc1ccc([N+](=O)[O-])cc1. The van der Waals surface area contributed by atoms with Gasteiger partial charge in [0.25, 0.3) is 5.69 Å². The van der Waals surface area contributed by atoms with Crippen LogP contribution in [0.5, 0.6) is 5.75 Å². The van der Waals surface area contributed by atoms with Crippen molar-refractivity contribution in [1.82, 2.24) is 0 Å². The summed E-state index contributed by atoms with van der Waals surface area (Å²) >= 11 is 0. The lowest BCUT2D eigenvalue weighted by atomic mass is 10.1. The Morgan fingerprint density at radius 2 is 1.44 bits per heavy atom. The van der Waals surface area contributed by atoms with Crippen molar-refractivity contribution < 1.29 is 52.7 Å². The Balaban J connectivity index is 0.000000211. The molecule has 0 saturated carbocycles. The minimum atomic E-state index is -0.946. The molecule has 0 aliphatic carbocycles. The molecule has 0 bridgehead atoms. The smallest absolute Gasteiger partial charge is 0.425 e. The normalized spacial score (nSPS) is 37.4. The predicted molar refractivity (Wildman–Crippen MR) is 119 cm³/mol. The van der Waals surface area contributed by atoms with Crippen molar-refractivity contribution >= 4 is 11.8 Å². The van der Waals surface area contributed by atoms with Gasteiger partial charge in [-0.3, -0.25) is 10.1 Å². The maximum atomic E-state index is 12.0. The van der Waals surface area contributed by atoms with Gasteiger partial charge >= 0.3 is 6.16 Å². The molecule has 4 saturated heterocycles. The van der Waals surface area contributed by atoms with Gasteiger partial charge in [-0.1, -0.05) is 0 Å². The number of benzene rings is 1. The van der Waals surface area contributed by atoms with Crippen molar-refractivity contribution in [1.29, 1.82) is 0 Å². The lowest BCUT2D eigenvalue weighted by Gasteiger charge is -2.23. The van der Waals surface area contributed by atoms with Crippen LogP contribution in [0.4, 0.5) is 10.5 Å². The van der Waals surface area contributed by atoms with Crippen LogP contribution in [-0.2, 0) is 33.2 Å². The van der Waals surface area contributed by atoms with E-state index in [0.29, 0.717) is 0 Å². The van der Waals surface area contributed by atoms with Crippen LogP contribution < -0.4 is 4.74 Å². The van der Waals surface area contributed by atoms with E-state index in [1.54, 1.807) is 20.8 Å². The number of non-ortho nitro benzene ring substituents is 1. The van der Waals surface area contributed by atoms with Crippen molar-refractivity contribution in [2.45, 2.75) is 102 Å². The molecule has 0 unspecified atom stereocenters. The summed E-state index contributed by atoms with van der Waals surface area (Å²) in [6, 6.07) is 5.09. The number of aliphatic hydroxyl groups is 1. The molecule has 5 rings (SSSR count). The zero-order valence-corrected chi connectivity index (χ0v) is 20.8. The fourth-order valence-electron chi connectivity index (χ4n) is 4.32. The monoisotopic (exact) mass is 513 g/mol. The number of nitro groups is 1. The molecule has 0 amide bonds. The second-order valence-corrected chi connectivity index (χ2v) is 9.80. The number of aliphatic hydroxyl groups excluding tert-OH is 1. The highest BCUT2D eigenvalue weighted by Crippen LogP contribution is 2.39. The summed E-state index contributed by atoms with van der Waals surface area (Å²) in [7, 11) is 0. The number of ether oxygens (including phenoxy) is 8. The number of hydrogen-bond acceptors (Lipinski definition) is 12. The summed E-state index contributed by atoms with van der Waals surface area (Å²) < 4.78 is 43.3. The van der Waals surface area contributed by atoms with Gasteiger partial charge in [0.05, 0.1) is 17.1 Å². The standard InChI is InChI=1S/C15H17NO8.C8H14O4/c1-8-11(12-13(20-8)24-15(2,3)23-12)22-14(17)21-10-6-4-9(5-7-10)16(18)19;1-4-5(9)6-7(10-4)12-8(2,3)11-6/h4-8,11-13H,1-3H3;4-7,9H,1-3H3/t8-,11+,12-,13-;4-,5+,6-,7-/m11/s1. The highest BCUT2D eigenvalue weighted by molar-refractivity contribution is 5.64. The molecule has 8 atom stereocenters. The van der Waals surface area contributed by atoms with Gasteiger partial charge in [-0.25, -0.2) is 4.79 Å². The second-order valence-electron chi connectivity index (χ2n) is 9.80. The number of carbonyl (C=O) groups is 1. The zero-order valence-electron chi connectivity index (χ0n) is 20.8. The summed E-state index contributed by atoms with van der Waals surface area (Å²) in [5, 5.41) is 20.2. The Hall–Kier alpha value is -2.39. The van der Waals surface area contributed by atoms with Gasteiger partial charge in [0.1, 0.15) is 18.0 Å². The number of nitrogens with zero attached hydrogens (tertiary/aromatic N) is 1. The van der Waals surface area contributed by atoms with Crippen LogP contribution in [0.15, 0.2) is 24.3 Å². The molecular weight excluding hydrogens is 482 g/mol. The van der Waals surface area contributed by atoms with E-state index in [1.807, 2.05) is 20.8 Å². The average molecular weight is 513 g/mol. The maximum Gasteiger partial charge on any atom is 0.514 e. The molecule has 4 heterocycles. The molecule has 0 spiro atoms. The Kier molecular flexibility index (Phi) is 7.27. The molecular formula is C23H31NO12. The van der Waals surface area contributed by atoms with E-state index in [0.717, 1.165) is 0 Å². The van der Waals surface area contributed by atoms with Crippen LogP contribution in [0.25, 0.3) is 0 Å². The van der Waals surface area contributed by atoms with Gasteiger partial charge in [-0.05, 0) is 53.7 Å². The van der Waals surface area contributed by atoms with Gasteiger partial charge in [-0.2, -0.15) is 0 Å². The molecule has 1 aromatic carbocycles. The first kappa shape index (κ1) is 26.7. The van der Waals surface area contributed by atoms with Gasteiger partial charge in [0, 0.05) is 12.1 Å². The van der Waals surface area contributed by atoms with Crippen molar-refractivity contribution in [2.24, 2.45) is 0 Å².